The molecule has 9 heteroatoms. The summed E-state index contributed by atoms with van der Waals surface area (Å²) in [6.07, 6.45) is 0.0559. The van der Waals surface area contributed by atoms with Crippen LogP contribution in [0.2, 0.25) is 10.0 Å². The largest absolute Gasteiger partial charge is 0.478 e. The molecule has 0 aromatic heterocycles. The van der Waals surface area contributed by atoms with E-state index >= 15 is 0 Å². The number of carbonyl (C=O) groups excluding carboxylic acids is 1. The summed E-state index contributed by atoms with van der Waals surface area (Å²) in [5, 5.41) is 20.8. The van der Waals surface area contributed by atoms with Crippen LogP contribution in [0.1, 0.15) is 28.4 Å². The van der Waals surface area contributed by atoms with E-state index in [1.54, 1.807) is 12.1 Å². The molecule has 0 aliphatic carbocycles. The monoisotopic (exact) mass is 410 g/mol. The Morgan fingerprint density at radius 3 is 2.37 bits per heavy atom. The molecule has 0 aliphatic heterocycles. The summed E-state index contributed by atoms with van der Waals surface area (Å²) in [6.45, 7) is 1.06. The van der Waals surface area contributed by atoms with Crippen molar-refractivity contribution >= 4 is 40.8 Å². The lowest BCUT2D eigenvalue weighted by molar-refractivity contribution is -0.479. The lowest BCUT2D eigenvalue weighted by Crippen LogP contribution is -2.29. The van der Waals surface area contributed by atoms with Crippen molar-refractivity contribution in [1.82, 2.24) is 0 Å². The molecule has 0 saturated heterocycles. The number of benzene rings is 2. The highest BCUT2D eigenvalue weighted by Gasteiger charge is 2.20. The predicted octanol–water partition coefficient (Wildman–Crippen LogP) is 4.06. The smallest absolute Gasteiger partial charge is 0.335 e. The van der Waals surface area contributed by atoms with Crippen molar-refractivity contribution in [2.24, 2.45) is 0 Å². The molecule has 1 amide bonds. The third-order valence-electron chi connectivity index (χ3n) is 3.91. The zero-order valence-corrected chi connectivity index (χ0v) is 15.8. The Bertz CT molecular complexity index is 901. The van der Waals surface area contributed by atoms with E-state index in [4.69, 9.17) is 23.2 Å². The van der Waals surface area contributed by atoms with Gasteiger partial charge in [-0.2, -0.15) is 0 Å². The number of carbonyl (C=O) groups is 2. The first-order valence-electron chi connectivity index (χ1n) is 7.89. The van der Waals surface area contributed by atoms with Crippen LogP contribution in [-0.2, 0) is 17.8 Å². The number of halogens is 2. The molecular formula is C18H16Cl2N2O5. The average Bonchev–Trinajstić information content (AvgIpc) is 2.58. The third-order valence-corrected chi connectivity index (χ3v) is 4.50. The second-order valence-corrected chi connectivity index (χ2v) is 6.64. The van der Waals surface area contributed by atoms with Gasteiger partial charge in [0.25, 0.3) is 0 Å². The highest BCUT2D eigenvalue weighted by atomic mass is 35.5. The maximum absolute atomic E-state index is 12.3. The SMILES string of the molecule is CC(=O)N(Cc1ccc(Cl)cc1Cl)c1cc(C(=O)O)ccc1CC[N+](=O)[O-]. The fraction of sp³-hybridized carbons (Fsp3) is 0.222. The van der Waals surface area contributed by atoms with Gasteiger partial charge in [-0.1, -0.05) is 35.3 Å². The van der Waals surface area contributed by atoms with Gasteiger partial charge in [0.2, 0.25) is 12.5 Å². The summed E-state index contributed by atoms with van der Waals surface area (Å²) in [5.74, 6) is -1.52. The molecule has 0 aliphatic rings. The number of carboxylic acids is 1. The predicted molar refractivity (Wildman–Crippen MR) is 102 cm³/mol. The quantitative estimate of drug-likeness (QED) is 0.547. The Hall–Kier alpha value is -2.64. The second-order valence-electron chi connectivity index (χ2n) is 5.80. The fourth-order valence-corrected chi connectivity index (χ4v) is 3.03. The van der Waals surface area contributed by atoms with Crippen LogP contribution in [0.5, 0.6) is 0 Å². The van der Waals surface area contributed by atoms with Gasteiger partial charge in [0, 0.05) is 34.0 Å². The van der Waals surface area contributed by atoms with E-state index in [2.05, 4.69) is 0 Å². The number of anilines is 1. The first-order chi connectivity index (χ1) is 12.7. The van der Waals surface area contributed by atoms with E-state index in [9.17, 15) is 24.8 Å². The van der Waals surface area contributed by atoms with E-state index in [1.807, 2.05) is 0 Å². The number of nitro groups is 1. The van der Waals surface area contributed by atoms with Gasteiger partial charge in [-0.15, -0.1) is 0 Å². The van der Waals surface area contributed by atoms with E-state index in [1.165, 1.54) is 36.1 Å². The van der Waals surface area contributed by atoms with Gasteiger partial charge in [0.15, 0.2) is 0 Å². The first-order valence-corrected chi connectivity index (χ1v) is 8.64. The maximum Gasteiger partial charge on any atom is 0.335 e. The highest BCUT2D eigenvalue weighted by molar-refractivity contribution is 6.35. The number of aromatic carboxylic acids is 1. The van der Waals surface area contributed by atoms with Crippen LogP contribution < -0.4 is 4.90 Å². The minimum Gasteiger partial charge on any atom is -0.478 e. The number of nitrogens with zero attached hydrogens (tertiary/aromatic N) is 2. The molecule has 0 unspecified atom stereocenters. The number of hydrogen-bond acceptors (Lipinski definition) is 4. The number of amides is 1. The van der Waals surface area contributed by atoms with Crippen molar-refractivity contribution < 1.29 is 19.6 Å². The molecule has 0 spiro atoms. The fourth-order valence-electron chi connectivity index (χ4n) is 2.56. The van der Waals surface area contributed by atoms with Crippen LogP contribution in [0.4, 0.5) is 5.69 Å². The summed E-state index contributed by atoms with van der Waals surface area (Å²) in [6, 6.07) is 9.01. The minimum absolute atomic E-state index is 0.0247. The molecule has 0 fully saturated rings. The summed E-state index contributed by atoms with van der Waals surface area (Å²) >= 11 is 12.1. The summed E-state index contributed by atoms with van der Waals surface area (Å²) in [5.41, 5.74) is 1.38. The van der Waals surface area contributed by atoms with E-state index in [-0.39, 0.29) is 31.0 Å². The number of carboxylic acid groups (broad SMARTS) is 1. The normalized spacial score (nSPS) is 10.5. The zero-order valence-electron chi connectivity index (χ0n) is 14.3. The van der Waals surface area contributed by atoms with Crippen molar-refractivity contribution in [2.75, 3.05) is 11.4 Å². The summed E-state index contributed by atoms with van der Waals surface area (Å²) in [7, 11) is 0. The van der Waals surface area contributed by atoms with Crippen molar-refractivity contribution in [3.63, 3.8) is 0 Å². The van der Waals surface area contributed by atoms with Crippen molar-refractivity contribution in [1.29, 1.82) is 0 Å². The molecule has 7 nitrogen and oxygen atoms in total. The zero-order chi connectivity index (χ0) is 20.1. The molecule has 2 aromatic carbocycles. The van der Waals surface area contributed by atoms with Gasteiger partial charge >= 0.3 is 5.97 Å². The Labute approximate surface area is 165 Å². The van der Waals surface area contributed by atoms with E-state index < -0.39 is 10.9 Å². The first kappa shape index (κ1) is 20.7. The molecule has 0 heterocycles. The highest BCUT2D eigenvalue weighted by Crippen LogP contribution is 2.28. The number of hydrogen-bond donors (Lipinski definition) is 1. The molecule has 0 atom stereocenters. The van der Waals surface area contributed by atoms with Gasteiger partial charge in [0.1, 0.15) is 0 Å². The van der Waals surface area contributed by atoms with Crippen LogP contribution >= 0.6 is 23.2 Å². The summed E-state index contributed by atoms with van der Waals surface area (Å²) < 4.78 is 0. The van der Waals surface area contributed by atoms with Crippen LogP contribution in [0.3, 0.4) is 0 Å². The standard InChI is InChI=1S/C18H16Cl2N2O5/c1-11(23)21(10-14-4-5-15(19)9-16(14)20)17-8-13(18(24)25)3-2-12(17)6-7-22(26)27/h2-5,8-9H,6-7,10H2,1H3,(H,24,25). The molecule has 2 rings (SSSR count). The van der Waals surface area contributed by atoms with Crippen molar-refractivity contribution in [3.8, 4) is 0 Å². The molecule has 1 N–H and O–H groups in total. The Morgan fingerprint density at radius 1 is 1.15 bits per heavy atom. The topological polar surface area (TPSA) is 101 Å². The van der Waals surface area contributed by atoms with Crippen LogP contribution in [0.15, 0.2) is 36.4 Å². The van der Waals surface area contributed by atoms with Crippen molar-refractivity contribution in [3.05, 3.63) is 73.2 Å². The molecular weight excluding hydrogens is 395 g/mol. The summed E-state index contributed by atoms with van der Waals surface area (Å²) in [4.78, 5) is 35.2. The molecule has 0 saturated carbocycles. The molecule has 0 radical (unpaired) electrons. The van der Waals surface area contributed by atoms with Gasteiger partial charge in [-0.25, -0.2) is 4.79 Å². The van der Waals surface area contributed by atoms with Gasteiger partial charge in [-0.3, -0.25) is 14.9 Å². The molecule has 27 heavy (non-hydrogen) atoms. The lowest BCUT2D eigenvalue weighted by Gasteiger charge is -2.25. The maximum atomic E-state index is 12.3. The van der Waals surface area contributed by atoms with Crippen LogP contribution in [0, 0.1) is 10.1 Å². The Balaban J connectivity index is 2.49. The molecule has 2 aromatic rings. The van der Waals surface area contributed by atoms with Crippen LogP contribution in [0.25, 0.3) is 0 Å². The Kier molecular flexibility index (Phi) is 6.76. The minimum atomic E-state index is -1.16. The van der Waals surface area contributed by atoms with Crippen molar-refractivity contribution in [2.45, 2.75) is 19.9 Å². The van der Waals surface area contributed by atoms with Gasteiger partial charge in [-0.05, 0) is 35.4 Å². The van der Waals surface area contributed by atoms with E-state index in [0.717, 1.165) is 0 Å². The average molecular weight is 411 g/mol. The third kappa shape index (κ3) is 5.42. The van der Waals surface area contributed by atoms with E-state index in [0.29, 0.717) is 26.9 Å². The van der Waals surface area contributed by atoms with Crippen LogP contribution in [-0.4, -0.2) is 28.5 Å². The van der Waals surface area contributed by atoms with Gasteiger partial charge in [0.05, 0.1) is 12.1 Å². The lowest BCUT2D eigenvalue weighted by atomic mass is 10.0. The second kappa shape index (κ2) is 8.83. The van der Waals surface area contributed by atoms with Gasteiger partial charge < -0.3 is 10.0 Å². The number of rotatable bonds is 7. The molecule has 0 bridgehead atoms. The Morgan fingerprint density at radius 2 is 1.81 bits per heavy atom. The molecule has 142 valence electrons.